The van der Waals surface area contributed by atoms with Gasteiger partial charge in [0.25, 0.3) is 0 Å². The zero-order valence-corrected chi connectivity index (χ0v) is 13.8. The Hall–Kier alpha value is -0.940. The molecule has 20 heavy (non-hydrogen) atoms. The van der Waals surface area contributed by atoms with E-state index < -0.39 is 16.5 Å². The van der Waals surface area contributed by atoms with Crippen LogP contribution in [-0.4, -0.2) is 7.11 Å². The number of alkyl halides is 1. The zero-order chi connectivity index (χ0) is 14.7. The number of hydrogen-bond donors (Lipinski definition) is 0. The molecule has 0 bridgehead atoms. The highest BCUT2D eigenvalue weighted by Crippen LogP contribution is 2.33. The molecular weight excluding hydrogens is 394 g/mol. The third-order valence-electron chi connectivity index (χ3n) is 2.91. The first-order valence-corrected chi connectivity index (χ1v) is 7.63. The molecule has 0 aromatic heterocycles. The summed E-state index contributed by atoms with van der Waals surface area (Å²) in [5, 5.41) is 0. The van der Waals surface area contributed by atoms with Crippen LogP contribution in [0.25, 0.3) is 0 Å². The fraction of sp³-hybridized carbons (Fsp3) is 0.200. The van der Waals surface area contributed by atoms with Gasteiger partial charge in [0, 0.05) is 27.0 Å². The first kappa shape index (κ1) is 15.4. The fourth-order valence-electron chi connectivity index (χ4n) is 1.95. The Labute approximate surface area is 133 Å². The number of benzene rings is 2. The number of ether oxygens (including phenoxy) is 1. The largest absolute Gasteiger partial charge is 0.497 e. The van der Waals surface area contributed by atoms with E-state index in [1.807, 2.05) is 24.3 Å². The molecule has 0 saturated heterocycles. The first-order chi connectivity index (χ1) is 9.51. The predicted octanol–water partition coefficient (Wildman–Crippen LogP) is 5.41. The normalized spacial score (nSPS) is 12.2. The molecule has 0 radical (unpaired) electrons. The van der Waals surface area contributed by atoms with E-state index in [-0.39, 0.29) is 11.3 Å². The lowest BCUT2D eigenvalue weighted by atomic mass is 10.0. The average Bonchev–Trinajstić information content (AvgIpc) is 2.37. The molecule has 0 amide bonds. The molecule has 2 aromatic rings. The lowest BCUT2D eigenvalue weighted by Gasteiger charge is -2.14. The van der Waals surface area contributed by atoms with Crippen LogP contribution in [0.3, 0.4) is 0 Å². The van der Waals surface area contributed by atoms with Crippen molar-refractivity contribution in [3.8, 4) is 5.75 Å². The summed E-state index contributed by atoms with van der Waals surface area (Å²) in [5.74, 6) is -1.05. The second-order valence-electron chi connectivity index (χ2n) is 4.31. The number of halogens is 4. The van der Waals surface area contributed by atoms with Crippen molar-refractivity contribution in [2.24, 2.45) is 0 Å². The average molecular weight is 406 g/mol. The maximum absolute atomic E-state index is 14.0. The second-order valence-corrected chi connectivity index (χ2v) is 6.33. The molecule has 0 aliphatic rings. The summed E-state index contributed by atoms with van der Waals surface area (Å²) < 4.78 is 33.7. The lowest BCUT2D eigenvalue weighted by molar-refractivity contribution is 0.405. The molecule has 1 unspecified atom stereocenters. The molecule has 0 fully saturated rings. The Balaban J connectivity index is 2.27. The van der Waals surface area contributed by atoms with Crippen LogP contribution in [0, 0.1) is 11.6 Å². The van der Waals surface area contributed by atoms with E-state index in [2.05, 4.69) is 31.9 Å². The van der Waals surface area contributed by atoms with Crippen molar-refractivity contribution < 1.29 is 13.5 Å². The Morgan fingerprint density at radius 3 is 2.35 bits per heavy atom. The first-order valence-electron chi connectivity index (χ1n) is 5.92. The van der Waals surface area contributed by atoms with Crippen LogP contribution in [0.15, 0.2) is 40.9 Å². The van der Waals surface area contributed by atoms with E-state index in [9.17, 15) is 8.78 Å². The van der Waals surface area contributed by atoms with Crippen molar-refractivity contribution in [1.82, 2.24) is 0 Å². The molecule has 106 valence electrons. The molecule has 1 nitrogen and oxygen atoms in total. The quantitative estimate of drug-likeness (QED) is 0.617. The summed E-state index contributed by atoms with van der Waals surface area (Å²) in [6, 6.07) is 10.0. The molecule has 2 rings (SSSR count). The third kappa shape index (κ3) is 3.58. The molecule has 0 saturated carbocycles. The van der Waals surface area contributed by atoms with Gasteiger partial charge >= 0.3 is 0 Å². The standard InChI is InChI=1S/C15H12Br2F2O/c1-20-11-7-13(18)15(14(19)8-11)12(17)6-9-3-2-4-10(16)5-9/h2-5,7-8,12H,6H2,1H3. The van der Waals surface area contributed by atoms with Gasteiger partial charge in [0.15, 0.2) is 0 Å². The van der Waals surface area contributed by atoms with E-state index in [4.69, 9.17) is 4.74 Å². The summed E-state index contributed by atoms with van der Waals surface area (Å²) in [6.07, 6.45) is 0.486. The number of rotatable bonds is 4. The molecular formula is C15H12Br2F2O. The van der Waals surface area contributed by atoms with Crippen LogP contribution >= 0.6 is 31.9 Å². The minimum Gasteiger partial charge on any atom is -0.497 e. The van der Waals surface area contributed by atoms with E-state index in [0.29, 0.717) is 6.42 Å². The van der Waals surface area contributed by atoms with Crippen LogP contribution in [0.4, 0.5) is 8.78 Å². The molecule has 0 aliphatic heterocycles. The highest BCUT2D eigenvalue weighted by atomic mass is 79.9. The molecule has 5 heteroatoms. The highest BCUT2D eigenvalue weighted by molar-refractivity contribution is 9.10. The number of methoxy groups -OCH3 is 1. The highest BCUT2D eigenvalue weighted by Gasteiger charge is 2.19. The van der Waals surface area contributed by atoms with Crippen molar-refractivity contribution in [1.29, 1.82) is 0 Å². The summed E-state index contributed by atoms with van der Waals surface area (Å²) >= 11 is 6.74. The summed E-state index contributed by atoms with van der Waals surface area (Å²) in [4.78, 5) is -0.442. The fourth-order valence-corrected chi connectivity index (χ4v) is 3.21. The minimum absolute atomic E-state index is 0.0192. The van der Waals surface area contributed by atoms with Gasteiger partial charge in [-0.1, -0.05) is 44.0 Å². The smallest absolute Gasteiger partial charge is 0.134 e. The van der Waals surface area contributed by atoms with Gasteiger partial charge < -0.3 is 4.74 Å². The second kappa shape index (κ2) is 6.68. The number of hydrogen-bond acceptors (Lipinski definition) is 1. The van der Waals surface area contributed by atoms with Crippen LogP contribution in [0.2, 0.25) is 0 Å². The van der Waals surface area contributed by atoms with Crippen LogP contribution in [-0.2, 0) is 6.42 Å². The van der Waals surface area contributed by atoms with Crippen molar-refractivity contribution in [3.05, 3.63) is 63.6 Å². The van der Waals surface area contributed by atoms with Crippen molar-refractivity contribution >= 4 is 31.9 Å². The Bertz CT molecular complexity index is 594. The van der Waals surface area contributed by atoms with Gasteiger partial charge in [0.2, 0.25) is 0 Å². The molecule has 0 spiro atoms. The van der Waals surface area contributed by atoms with Gasteiger partial charge in [0.05, 0.1) is 7.11 Å². The van der Waals surface area contributed by atoms with Gasteiger partial charge in [-0.15, -0.1) is 0 Å². The monoisotopic (exact) mass is 404 g/mol. The summed E-state index contributed by atoms with van der Waals surface area (Å²) in [5.41, 5.74) is 1.00. The Kier molecular flexibility index (Phi) is 5.16. The molecule has 0 aliphatic carbocycles. The summed E-state index contributed by atoms with van der Waals surface area (Å²) in [6.45, 7) is 0. The van der Waals surface area contributed by atoms with Gasteiger partial charge in [-0.05, 0) is 24.1 Å². The maximum Gasteiger partial charge on any atom is 0.134 e. The lowest BCUT2D eigenvalue weighted by Crippen LogP contribution is -2.03. The molecule has 1 atom stereocenters. The van der Waals surface area contributed by atoms with Crippen LogP contribution < -0.4 is 4.74 Å². The van der Waals surface area contributed by atoms with Gasteiger partial charge in [0.1, 0.15) is 17.4 Å². The van der Waals surface area contributed by atoms with Gasteiger partial charge in [-0.25, -0.2) is 8.78 Å². The van der Waals surface area contributed by atoms with Crippen molar-refractivity contribution in [2.75, 3.05) is 7.11 Å². The third-order valence-corrected chi connectivity index (χ3v) is 4.18. The minimum atomic E-state index is -0.612. The summed E-state index contributed by atoms with van der Waals surface area (Å²) in [7, 11) is 1.38. The maximum atomic E-state index is 14.0. The van der Waals surface area contributed by atoms with Gasteiger partial charge in [-0.2, -0.15) is 0 Å². The van der Waals surface area contributed by atoms with Crippen molar-refractivity contribution in [3.63, 3.8) is 0 Å². The van der Waals surface area contributed by atoms with E-state index in [1.54, 1.807) is 0 Å². The van der Waals surface area contributed by atoms with Crippen LogP contribution in [0.5, 0.6) is 5.75 Å². The van der Waals surface area contributed by atoms with E-state index >= 15 is 0 Å². The predicted molar refractivity (Wildman–Crippen MR) is 82.4 cm³/mol. The molecule has 2 aromatic carbocycles. The SMILES string of the molecule is COc1cc(F)c(C(Br)Cc2cccc(Br)c2)c(F)c1. The zero-order valence-electron chi connectivity index (χ0n) is 10.7. The topological polar surface area (TPSA) is 9.23 Å². The van der Waals surface area contributed by atoms with E-state index in [0.717, 1.165) is 10.0 Å². The van der Waals surface area contributed by atoms with E-state index in [1.165, 1.54) is 19.2 Å². The van der Waals surface area contributed by atoms with Gasteiger partial charge in [-0.3, -0.25) is 0 Å². The Morgan fingerprint density at radius 2 is 1.80 bits per heavy atom. The molecule has 0 N–H and O–H groups in total. The molecule has 0 heterocycles. The van der Waals surface area contributed by atoms with Crippen molar-refractivity contribution in [2.45, 2.75) is 11.2 Å². The Morgan fingerprint density at radius 1 is 1.15 bits per heavy atom. The van der Waals surface area contributed by atoms with Crippen LogP contribution in [0.1, 0.15) is 16.0 Å².